The topological polar surface area (TPSA) is 84.9 Å². The lowest BCUT2D eigenvalue weighted by Gasteiger charge is -2.36. The number of hydrogen-bond acceptors (Lipinski definition) is 6. The summed E-state index contributed by atoms with van der Waals surface area (Å²) in [5, 5.41) is 0. The van der Waals surface area contributed by atoms with E-state index in [1.54, 1.807) is 24.1 Å². The van der Waals surface area contributed by atoms with Gasteiger partial charge in [-0.1, -0.05) is 24.3 Å². The number of methoxy groups -OCH3 is 1. The maximum absolute atomic E-state index is 13.4. The molecule has 3 aromatic rings. The smallest absolute Gasteiger partial charge is 0.274 e. The van der Waals surface area contributed by atoms with Gasteiger partial charge in [-0.25, -0.2) is 4.98 Å². The third-order valence-electron chi connectivity index (χ3n) is 6.32. The molecule has 2 amide bonds. The molecule has 1 saturated carbocycles. The van der Waals surface area contributed by atoms with Gasteiger partial charge in [0.25, 0.3) is 11.8 Å². The number of ether oxygens (including phenoxy) is 2. The lowest BCUT2D eigenvalue weighted by atomic mass is 10.1. The maximum atomic E-state index is 13.4. The molecular weight excluding hydrogens is 432 g/mol. The molecule has 1 aliphatic carbocycles. The lowest BCUT2D eigenvalue weighted by Crippen LogP contribution is -2.51. The van der Waals surface area contributed by atoms with Gasteiger partial charge < -0.3 is 19.3 Å². The van der Waals surface area contributed by atoms with Crippen molar-refractivity contribution in [3.63, 3.8) is 0 Å². The van der Waals surface area contributed by atoms with Crippen molar-refractivity contribution in [2.75, 3.05) is 39.9 Å². The lowest BCUT2D eigenvalue weighted by molar-refractivity contribution is -0.0336. The molecule has 1 unspecified atom stereocenters. The molecule has 5 rings (SSSR count). The molecule has 0 spiro atoms. The summed E-state index contributed by atoms with van der Waals surface area (Å²) in [5.41, 5.74) is 2.31. The third-order valence-corrected chi connectivity index (χ3v) is 6.32. The minimum absolute atomic E-state index is 0.0724. The summed E-state index contributed by atoms with van der Waals surface area (Å²) in [6.45, 7) is 2.39. The van der Waals surface area contributed by atoms with Crippen LogP contribution in [-0.4, -0.2) is 77.6 Å². The molecule has 2 heterocycles. The number of nitrogens with zero attached hydrogens (tertiary/aromatic N) is 4. The summed E-state index contributed by atoms with van der Waals surface area (Å²) in [6.07, 6.45) is 3.52. The first-order chi connectivity index (χ1) is 16.6. The Labute approximate surface area is 198 Å². The number of amides is 2. The van der Waals surface area contributed by atoms with Gasteiger partial charge in [-0.05, 0) is 43.0 Å². The van der Waals surface area contributed by atoms with Crippen LogP contribution in [0.5, 0.6) is 5.75 Å². The van der Waals surface area contributed by atoms with Gasteiger partial charge in [0.15, 0.2) is 0 Å². The highest BCUT2D eigenvalue weighted by Gasteiger charge is 2.33. The van der Waals surface area contributed by atoms with Crippen molar-refractivity contribution in [2.24, 2.45) is 5.92 Å². The van der Waals surface area contributed by atoms with Crippen molar-refractivity contribution >= 4 is 22.8 Å². The van der Waals surface area contributed by atoms with Gasteiger partial charge in [0.2, 0.25) is 0 Å². The van der Waals surface area contributed by atoms with Gasteiger partial charge in [-0.3, -0.25) is 14.6 Å². The highest BCUT2D eigenvalue weighted by atomic mass is 16.5. The van der Waals surface area contributed by atoms with Crippen molar-refractivity contribution < 1.29 is 19.1 Å². The normalized spacial score (nSPS) is 18.0. The summed E-state index contributed by atoms with van der Waals surface area (Å²) in [4.78, 5) is 39.1. The van der Waals surface area contributed by atoms with Crippen molar-refractivity contribution in [1.29, 1.82) is 0 Å². The number of fused-ring (bicyclic) bond motifs is 1. The molecule has 0 N–H and O–H groups in total. The summed E-state index contributed by atoms with van der Waals surface area (Å²) in [6, 6.07) is 14.8. The molecule has 0 bridgehead atoms. The monoisotopic (exact) mass is 460 g/mol. The maximum Gasteiger partial charge on any atom is 0.274 e. The molecule has 1 aliphatic heterocycles. The van der Waals surface area contributed by atoms with E-state index in [0.717, 1.165) is 18.4 Å². The Balaban J connectivity index is 1.30. The number of hydrogen-bond donors (Lipinski definition) is 0. The average molecular weight is 461 g/mol. The van der Waals surface area contributed by atoms with Gasteiger partial charge in [0.1, 0.15) is 11.4 Å². The summed E-state index contributed by atoms with van der Waals surface area (Å²) < 4.78 is 11.4. The predicted octanol–water partition coefficient (Wildman–Crippen LogP) is 3.03. The van der Waals surface area contributed by atoms with E-state index in [1.165, 1.54) is 6.20 Å². The fraction of sp³-hybridized carbons (Fsp3) is 0.385. The number of carbonyl (C=O) groups excluding carboxylic acids is 2. The molecule has 176 valence electrons. The summed E-state index contributed by atoms with van der Waals surface area (Å²) in [7, 11) is 1.57. The molecular formula is C26H28N4O4. The van der Waals surface area contributed by atoms with E-state index in [-0.39, 0.29) is 17.9 Å². The minimum Gasteiger partial charge on any atom is -0.496 e. The Morgan fingerprint density at radius 3 is 2.65 bits per heavy atom. The van der Waals surface area contributed by atoms with Gasteiger partial charge >= 0.3 is 0 Å². The zero-order chi connectivity index (χ0) is 23.5. The molecule has 2 fully saturated rings. The van der Waals surface area contributed by atoms with Gasteiger partial charge in [-0.2, -0.15) is 0 Å². The molecule has 0 radical (unpaired) electrons. The van der Waals surface area contributed by atoms with Crippen LogP contribution < -0.4 is 4.74 Å². The first-order valence-electron chi connectivity index (χ1n) is 11.7. The van der Waals surface area contributed by atoms with Crippen LogP contribution in [0.15, 0.2) is 54.7 Å². The predicted molar refractivity (Wildman–Crippen MR) is 127 cm³/mol. The largest absolute Gasteiger partial charge is 0.496 e. The van der Waals surface area contributed by atoms with E-state index in [9.17, 15) is 9.59 Å². The number of rotatable bonds is 7. The van der Waals surface area contributed by atoms with Crippen molar-refractivity contribution in [3.8, 4) is 5.75 Å². The first-order valence-corrected chi connectivity index (χ1v) is 11.7. The quantitative estimate of drug-likeness (QED) is 0.539. The second kappa shape index (κ2) is 9.77. The molecule has 8 heteroatoms. The van der Waals surface area contributed by atoms with Crippen LogP contribution in [0.3, 0.4) is 0 Å². The molecule has 2 aromatic carbocycles. The number of para-hydroxylation sites is 3. The highest BCUT2D eigenvalue weighted by molar-refractivity contribution is 5.97. The standard InChI is InChI=1S/C26H28N4O4/c1-33-24-9-5-2-6-20(24)25(31)30(15-18-10-11-18)17-19-16-29(12-13-34-19)26(32)23-14-27-21-7-3-4-8-22(21)28-23/h2-9,14,18-19H,10-13,15-17H2,1H3. The van der Waals surface area contributed by atoms with Crippen LogP contribution in [0.25, 0.3) is 11.0 Å². The zero-order valence-corrected chi connectivity index (χ0v) is 19.2. The Bertz CT molecular complexity index is 1200. The number of morpholine rings is 1. The summed E-state index contributed by atoms with van der Waals surface area (Å²) in [5.74, 6) is 0.838. The molecule has 1 aromatic heterocycles. The number of aromatic nitrogens is 2. The zero-order valence-electron chi connectivity index (χ0n) is 19.2. The Kier molecular flexibility index (Phi) is 6.40. The highest BCUT2D eigenvalue weighted by Crippen LogP contribution is 2.31. The van der Waals surface area contributed by atoms with E-state index in [4.69, 9.17) is 9.47 Å². The van der Waals surface area contributed by atoms with E-state index < -0.39 is 0 Å². The van der Waals surface area contributed by atoms with Crippen LogP contribution in [-0.2, 0) is 4.74 Å². The van der Waals surface area contributed by atoms with E-state index in [1.807, 2.05) is 41.3 Å². The van der Waals surface area contributed by atoms with Gasteiger partial charge in [0.05, 0.1) is 42.6 Å². The molecule has 8 nitrogen and oxygen atoms in total. The van der Waals surface area contributed by atoms with Crippen molar-refractivity contribution in [2.45, 2.75) is 18.9 Å². The Hall–Kier alpha value is -3.52. The molecule has 1 saturated heterocycles. The Morgan fingerprint density at radius 1 is 1.09 bits per heavy atom. The van der Waals surface area contributed by atoms with Crippen LogP contribution in [0, 0.1) is 5.92 Å². The SMILES string of the molecule is COc1ccccc1C(=O)N(CC1CC1)CC1CN(C(=O)c2cnc3ccccc3n2)CCO1. The second-order valence-corrected chi connectivity index (χ2v) is 8.84. The molecule has 34 heavy (non-hydrogen) atoms. The van der Waals surface area contributed by atoms with Crippen molar-refractivity contribution in [1.82, 2.24) is 19.8 Å². The van der Waals surface area contributed by atoms with Crippen LogP contribution in [0.1, 0.15) is 33.7 Å². The minimum atomic E-state index is -0.275. The first kappa shape index (κ1) is 22.3. The van der Waals surface area contributed by atoms with Crippen LogP contribution in [0.4, 0.5) is 0 Å². The molecule has 1 atom stereocenters. The third kappa shape index (κ3) is 4.87. The van der Waals surface area contributed by atoms with Crippen molar-refractivity contribution in [3.05, 3.63) is 66.0 Å². The summed E-state index contributed by atoms with van der Waals surface area (Å²) >= 11 is 0. The van der Waals surface area contributed by atoms with Gasteiger partial charge in [-0.15, -0.1) is 0 Å². The second-order valence-electron chi connectivity index (χ2n) is 8.84. The Morgan fingerprint density at radius 2 is 1.85 bits per heavy atom. The van der Waals surface area contributed by atoms with Gasteiger partial charge in [0, 0.05) is 26.2 Å². The van der Waals surface area contributed by atoms with Crippen LogP contribution >= 0.6 is 0 Å². The van der Waals surface area contributed by atoms with Crippen LogP contribution in [0.2, 0.25) is 0 Å². The van der Waals surface area contributed by atoms with E-state index in [2.05, 4.69) is 9.97 Å². The fourth-order valence-corrected chi connectivity index (χ4v) is 4.33. The number of benzene rings is 2. The van der Waals surface area contributed by atoms with E-state index >= 15 is 0 Å². The molecule has 2 aliphatic rings. The average Bonchev–Trinajstić information content (AvgIpc) is 3.71. The number of carbonyl (C=O) groups is 2. The van der Waals surface area contributed by atoms with E-state index in [0.29, 0.717) is 61.2 Å². The fourth-order valence-electron chi connectivity index (χ4n) is 4.33.